The number of carbonyl (C=O) groups excluding carboxylic acids is 1. The molecule has 0 N–H and O–H groups in total. The monoisotopic (exact) mass is 424 g/mol. The van der Waals surface area contributed by atoms with Crippen molar-refractivity contribution in [2.24, 2.45) is 5.41 Å². The molecule has 0 heterocycles. The first-order chi connectivity index (χ1) is 14.4. The van der Waals surface area contributed by atoms with Crippen LogP contribution in [0.3, 0.4) is 0 Å². The first kappa shape index (κ1) is 23.1. The van der Waals surface area contributed by atoms with E-state index in [4.69, 9.17) is 4.74 Å². The maximum absolute atomic E-state index is 14.0. The molecule has 30 heavy (non-hydrogen) atoms. The molecular formula is C25H35F3O2. The summed E-state index contributed by atoms with van der Waals surface area (Å²) in [5, 5.41) is 0. The van der Waals surface area contributed by atoms with Gasteiger partial charge in [0.15, 0.2) is 17.5 Å². The van der Waals surface area contributed by atoms with Gasteiger partial charge in [-0.25, -0.2) is 13.2 Å². The van der Waals surface area contributed by atoms with Gasteiger partial charge in [-0.2, -0.15) is 0 Å². The normalized spacial score (nSPS) is 20.7. The van der Waals surface area contributed by atoms with Gasteiger partial charge in [0.05, 0.1) is 12.0 Å². The lowest BCUT2D eigenvalue weighted by Crippen LogP contribution is -2.42. The van der Waals surface area contributed by atoms with Crippen LogP contribution in [0.2, 0.25) is 0 Å². The van der Waals surface area contributed by atoms with Gasteiger partial charge in [0.2, 0.25) is 0 Å². The molecule has 1 aromatic carbocycles. The van der Waals surface area contributed by atoms with Crippen LogP contribution in [0, 0.1) is 22.9 Å². The van der Waals surface area contributed by atoms with Crippen molar-refractivity contribution in [1.29, 1.82) is 0 Å². The number of hydrogen-bond donors (Lipinski definition) is 0. The van der Waals surface area contributed by atoms with Gasteiger partial charge in [-0.3, -0.25) is 4.79 Å². The summed E-state index contributed by atoms with van der Waals surface area (Å²) in [5.74, 6) is -4.37. The third-order valence-corrected chi connectivity index (χ3v) is 7.37. The number of unbranched alkanes of at least 4 members (excludes halogenated alkanes) is 2. The fourth-order valence-electron chi connectivity index (χ4n) is 5.47. The predicted octanol–water partition coefficient (Wildman–Crippen LogP) is 7.38. The van der Waals surface area contributed by atoms with Gasteiger partial charge in [-0.1, -0.05) is 64.7 Å². The average molecular weight is 425 g/mol. The molecule has 168 valence electrons. The minimum Gasteiger partial charge on any atom is -0.464 e. The van der Waals surface area contributed by atoms with E-state index in [0.29, 0.717) is 19.4 Å². The lowest BCUT2D eigenvalue weighted by atomic mass is 9.69. The molecule has 0 atom stereocenters. The van der Waals surface area contributed by atoms with Gasteiger partial charge >= 0.3 is 5.97 Å². The van der Waals surface area contributed by atoms with Crippen LogP contribution in [0.4, 0.5) is 13.2 Å². The fourth-order valence-corrected chi connectivity index (χ4v) is 5.47. The highest BCUT2D eigenvalue weighted by atomic mass is 19.2. The Hall–Kier alpha value is -1.52. The summed E-state index contributed by atoms with van der Waals surface area (Å²) in [7, 11) is 0. The standard InChI is InChI=1S/C25H35F3O2/c1-2-3-6-11-24(12-7-4-8-13-24)18-30-23(29)25(14-9-5-10-15-25)19-16-20(26)22(28)21(27)17-19/h16-17H,2-15,18H2,1H3. The van der Waals surface area contributed by atoms with E-state index in [1.165, 1.54) is 12.8 Å². The topological polar surface area (TPSA) is 26.3 Å². The van der Waals surface area contributed by atoms with Crippen LogP contribution in [0.25, 0.3) is 0 Å². The lowest BCUT2D eigenvalue weighted by molar-refractivity contribution is -0.157. The zero-order valence-corrected chi connectivity index (χ0v) is 18.2. The van der Waals surface area contributed by atoms with Crippen molar-refractivity contribution in [3.8, 4) is 0 Å². The van der Waals surface area contributed by atoms with Crippen molar-refractivity contribution >= 4 is 5.97 Å². The number of halogens is 3. The summed E-state index contributed by atoms with van der Waals surface area (Å²) < 4.78 is 47.4. The summed E-state index contributed by atoms with van der Waals surface area (Å²) >= 11 is 0. The van der Waals surface area contributed by atoms with Crippen LogP contribution >= 0.6 is 0 Å². The Morgan fingerprint density at radius 3 is 2.03 bits per heavy atom. The molecule has 2 aliphatic rings. The molecule has 0 aliphatic heterocycles. The molecule has 0 bridgehead atoms. The molecule has 2 saturated carbocycles. The molecule has 0 saturated heterocycles. The number of rotatable bonds is 8. The molecule has 0 spiro atoms. The van der Waals surface area contributed by atoms with Crippen molar-refractivity contribution in [3.63, 3.8) is 0 Å². The SMILES string of the molecule is CCCCCC1(COC(=O)C2(c3cc(F)c(F)c(F)c3)CCCCC2)CCCCC1. The van der Waals surface area contributed by atoms with Crippen LogP contribution in [-0.4, -0.2) is 12.6 Å². The molecule has 2 nitrogen and oxygen atoms in total. The van der Waals surface area contributed by atoms with Crippen molar-refractivity contribution in [2.45, 2.75) is 102 Å². The molecular weight excluding hydrogens is 389 g/mol. The van der Waals surface area contributed by atoms with Crippen molar-refractivity contribution < 1.29 is 22.7 Å². The van der Waals surface area contributed by atoms with Gasteiger partial charge in [0, 0.05) is 5.41 Å². The largest absolute Gasteiger partial charge is 0.464 e. The first-order valence-corrected chi connectivity index (χ1v) is 11.7. The van der Waals surface area contributed by atoms with E-state index in [0.717, 1.165) is 76.3 Å². The zero-order valence-electron chi connectivity index (χ0n) is 18.2. The molecule has 0 amide bonds. The predicted molar refractivity (Wildman–Crippen MR) is 112 cm³/mol. The number of carbonyl (C=O) groups is 1. The molecule has 0 aromatic heterocycles. The Morgan fingerprint density at radius 1 is 0.900 bits per heavy atom. The van der Waals surface area contributed by atoms with Gasteiger partial charge in [0.25, 0.3) is 0 Å². The zero-order chi connectivity index (χ0) is 21.6. The Bertz CT molecular complexity index is 696. The van der Waals surface area contributed by atoms with E-state index < -0.39 is 28.8 Å². The third-order valence-electron chi connectivity index (χ3n) is 7.37. The minimum absolute atomic E-state index is 0.0260. The van der Waals surface area contributed by atoms with Gasteiger partial charge in [0.1, 0.15) is 0 Å². The smallest absolute Gasteiger partial charge is 0.316 e. The maximum atomic E-state index is 14.0. The van der Waals surface area contributed by atoms with Crippen LogP contribution in [0.5, 0.6) is 0 Å². The van der Waals surface area contributed by atoms with Gasteiger partial charge < -0.3 is 4.74 Å². The fraction of sp³-hybridized carbons (Fsp3) is 0.720. The quantitative estimate of drug-likeness (QED) is 0.247. The van der Waals surface area contributed by atoms with E-state index in [9.17, 15) is 18.0 Å². The summed E-state index contributed by atoms with van der Waals surface area (Å²) in [4.78, 5) is 13.4. The van der Waals surface area contributed by atoms with Crippen molar-refractivity contribution in [2.75, 3.05) is 6.61 Å². The molecule has 5 heteroatoms. The van der Waals surface area contributed by atoms with E-state index in [-0.39, 0.29) is 11.0 Å². The molecule has 1 aromatic rings. The number of hydrogen-bond acceptors (Lipinski definition) is 2. The molecule has 2 fully saturated rings. The van der Waals surface area contributed by atoms with Gasteiger partial charge in [-0.15, -0.1) is 0 Å². The lowest BCUT2D eigenvalue weighted by Gasteiger charge is -2.40. The van der Waals surface area contributed by atoms with E-state index in [1.807, 2.05) is 0 Å². The summed E-state index contributed by atoms with van der Waals surface area (Å²) in [5.41, 5.74) is -0.835. The maximum Gasteiger partial charge on any atom is 0.316 e. The number of esters is 1. The Balaban J connectivity index is 1.80. The second-order valence-corrected chi connectivity index (χ2v) is 9.49. The van der Waals surface area contributed by atoms with Crippen LogP contribution < -0.4 is 0 Å². The van der Waals surface area contributed by atoms with E-state index in [1.54, 1.807) is 0 Å². The summed E-state index contributed by atoms with van der Waals surface area (Å²) in [6.07, 6.45) is 13.7. The highest BCUT2D eigenvalue weighted by Crippen LogP contribution is 2.44. The van der Waals surface area contributed by atoms with Crippen LogP contribution in [-0.2, 0) is 14.9 Å². The second-order valence-electron chi connectivity index (χ2n) is 9.49. The minimum atomic E-state index is -1.49. The van der Waals surface area contributed by atoms with Gasteiger partial charge in [-0.05, 0) is 49.8 Å². The first-order valence-electron chi connectivity index (χ1n) is 11.7. The molecule has 3 rings (SSSR count). The Kier molecular flexibility index (Phi) is 7.86. The highest BCUT2D eigenvalue weighted by molar-refractivity contribution is 5.83. The van der Waals surface area contributed by atoms with Crippen LogP contribution in [0.15, 0.2) is 12.1 Å². The summed E-state index contributed by atoms with van der Waals surface area (Å²) in [6, 6.07) is 1.98. The number of benzene rings is 1. The highest BCUT2D eigenvalue weighted by Gasteiger charge is 2.45. The molecule has 2 aliphatic carbocycles. The van der Waals surface area contributed by atoms with E-state index in [2.05, 4.69) is 6.92 Å². The van der Waals surface area contributed by atoms with Crippen molar-refractivity contribution in [3.05, 3.63) is 35.1 Å². The molecule has 0 unspecified atom stereocenters. The average Bonchev–Trinajstić information content (AvgIpc) is 2.77. The summed E-state index contributed by atoms with van der Waals surface area (Å²) in [6.45, 7) is 2.56. The third kappa shape index (κ3) is 5.03. The number of ether oxygens (including phenoxy) is 1. The Labute approximate surface area is 178 Å². The van der Waals surface area contributed by atoms with Crippen molar-refractivity contribution in [1.82, 2.24) is 0 Å². The van der Waals surface area contributed by atoms with Crippen LogP contribution in [0.1, 0.15) is 102 Å². The second kappa shape index (κ2) is 10.2. The molecule has 0 radical (unpaired) electrons. The van der Waals surface area contributed by atoms with E-state index >= 15 is 0 Å². The Morgan fingerprint density at radius 2 is 1.47 bits per heavy atom.